The number of carbonyl (C=O) groups excluding carboxylic acids is 2. The number of nitrogens with one attached hydrogen (secondary N) is 2. The van der Waals surface area contributed by atoms with Gasteiger partial charge in [0.2, 0.25) is 5.91 Å². The number of benzene rings is 1. The molecule has 1 aromatic heterocycles. The number of aromatic nitrogens is 2. The van der Waals surface area contributed by atoms with Gasteiger partial charge in [-0.1, -0.05) is 12.8 Å². The standard InChI is InChI=1S/C20H26N4O3/c1-24-13-12-21-18(24)14-27-17-8-6-16(7-9-17)20(26)23-11-10-22-19(25)15-4-2-3-5-15/h6-9,12-13,15H,2-5,10-11,14H2,1H3,(H,22,25)(H,23,26). The first-order valence-corrected chi connectivity index (χ1v) is 9.38. The summed E-state index contributed by atoms with van der Waals surface area (Å²) < 4.78 is 7.57. The van der Waals surface area contributed by atoms with Crippen molar-refractivity contribution in [2.45, 2.75) is 32.3 Å². The van der Waals surface area contributed by atoms with Gasteiger partial charge in [-0.2, -0.15) is 0 Å². The number of hydrogen-bond acceptors (Lipinski definition) is 4. The molecule has 0 saturated heterocycles. The number of carbonyl (C=O) groups is 2. The SMILES string of the molecule is Cn1ccnc1COc1ccc(C(=O)NCCNC(=O)C2CCCC2)cc1. The zero-order valence-corrected chi connectivity index (χ0v) is 15.6. The van der Waals surface area contributed by atoms with Crippen LogP contribution in [0.5, 0.6) is 5.75 Å². The first kappa shape index (κ1) is 18.9. The number of hydrogen-bond donors (Lipinski definition) is 2. The van der Waals surface area contributed by atoms with Crippen LogP contribution in [-0.2, 0) is 18.4 Å². The van der Waals surface area contributed by atoms with Gasteiger partial charge in [0, 0.05) is 44.0 Å². The summed E-state index contributed by atoms with van der Waals surface area (Å²) >= 11 is 0. The van der Waals surface area contributed by atoms with E-state index in [1.165, 1.54) is 0 Å². The molecule has 3 rings (SSSR count). The molecule has 144 valence electrons. The Labute approximate surface area is 159 Å². The van der Waals surface area contributed by atoms with Gasteiger partial charge in [-0.15, -0.1) is 0 Å². The van der Waals surface area contributed by atoms with Crippen LogP contribution in [-0.4, -0.2) is 34.5 Å². The van der Waals surface area contributed by atoms with Crippen LogP contribution in [0.25, 0.3) is 0 Å². The summed E-state index contributed by atoms with van der Waals surface area (Å²) in [5.74, 6) is 1.60. The largest absolute Gasteiger partial charge is 0.486 e. The minimum Gasteiger partial charge on any atom is -0.486 e. The molecule has 0 aliphatic heterocycles. The van der Waals surface area contributed by atoms with Gasteiger partial charge < -0.3 is 19.9 Å². The first-order valence-electron chi connectivity index (χ1n) is 9.38. The predicted octanol–water partition coefficient (Wildman–Crippen LogP) is 2.04. The average Bonchev–Trinajstić information content (AvgIpc) is 3.35. The zero-order valence-electron chi connectivity index (χ0n) is 15.6. The number of imidazole rings is 1. The molecule has 2 aromatic rings. The third-order valence-corrected chi connectivity index (χ3v) is 4.84. The number of amides is 2. The van der Waals surface area contributed by atoms with E-state index in [-0.39, 0.29) is 17.7 Å². The molecule has 7 heteroatoms. The summed E-state index contributed by atoms with van der Waals surface area (Å²) in [5.41, 5.74) is 0.557. The minimum absolute atomic E-state index is 0.107. The van der Waals surface area contributed by atoms with E-state index in [1.807, 2.05) is 17.8 Å². The zero-order chi connectivity index (χ0) is 19.1. The van der Waals surface area contributed by atoms with Crippen LogP contribution in [0.2, 0.25) is 0 Å². The Bertz CT molecular complexity index is 764. The summed E-state index contributed by atoms with van der Waals surface area (Å²) in [6, 6.07) is 6.97. The molecule has 0 spiro atoms. The Morgan fingerprint density at radius 1 is 1.15 bits per heavy atom. The minimum atomic E-state index is -0.166. The van der Waals surface area contributed by atoms with Gasteiger partial charge in [0.05, 0.1) is 0 Å². The molecule has 0 unspecified atom stereocenters. The van der Waals surface area contributed by atoms with Crippen molar-refractivity contribution in [2.24, 2.45) is 13.0 Å². The van der Waals surface area contributed by atoms with Crippen LogP contribution in [0.15, 0.2) is 36.7 Å². The molecule has 27 heavy (non-hydrogen) atoms. The van der Waals surface area contributed by atoms with Gasteiger partial charge in [-0.05, 0) is 37.1 Å². The molecule has 1 saturated carbocycles. The number of aryl methyl sites for hydroxylation is 1. The van der Waals surface area contributed by atoms with Gasteiger partial charge in [-0.3, -0.25) is 9.59 Å². The summed E-state index contributed by atoms with van der Waals surface area (Å²) in [6.45, 7) is 1.23. The maximum absolute atomic E-state index is 12.2. The third-order valence-electron chi connectivity index (χ3n) is 4.84. The Balaban J connectivity index is 1.38. The highest BCUT2D eigenvalue weighted by Gasteiger charge is 2.21. The lowest BCUT2D eigenvalue weighted by atomic mass is 10.1. The molecule has 2 amide bonds. The van der Waals surface area contributed by atoms with Gasteiger partial charge >= 0.3 is 0 Å². The summed E-state index contributed by atoms with van der Waals surface area (Å²) in [7, 11) is 1.91. The molecule has 0 bridgehead atoms. The second-order valence-electron chi connectivity index (χ2n) is 6.80. The fourth-order valence-corrected chi connectivity index (χ4v) is 3.18. The Morgan fingerprint density at radius 2 is 1.85 bits per heavy atom. The topological polar surface area (TPSA) is 85.2 Å². The summed E-state index contributed by atoms with van der Waals surface area (Å²) in [6.07, 6.45) is 7.82. The van der Waals surface area contributed by atoms with E-state index in [0.717, 1.165) is 31.5 Å². The fraction of sp³-hybridized carbons (Fsp3) is 0.450. The van der Waals surface area contributed by atoms with E-state index >= 15 is 0 Å². The summed E-state index contributed by atoms with van der Waals surface area (Å²) in [4.78, 5) is 28.3. The lowest BCUT2D eigenvalue weighted by molar-refractivity contribution is -0.124. The highest BCUT2D eigenvalue weighted by molar-refractivity contribution is 5.94. The van der Waals surface area contributed by atoms with Crippen molar-refractivity contribution < 1.29 is 14.3 Å². The second-order valence-corrected chi connectivity index (χ2v) is 6.80. The molecular weight excluding hydrogens is 344 g/mol. The Kier molecular flexibility index (Phi) is 6.46. The van der Waals surface area contributed by atoms with Crippen LogP contribution in [0, 0.1) is 5.92 Å². The van der Waals surface area contributed by atoms with E-state index < -0.39 is 0 Å². The van der Waals surface area contributed by atoms with E-state index in [1.54, 1.807) is 30.5 Å². The van der Waals surface area contributed by atoms with Crippen molar-refractivity contribution >= 4 is 11.8 Å². The molecule has 0 atom stereocenters. The third kappa shape index (κ3) is 5.32. The highest BCUT2D eigenvalue weighted by Crippen LogP contribution is 2.24. The Hall–Kier alpha value is -2.83. The van der Waals surface area contributed by atoms with Crippen molar-refractivity contribution in [3.63, 3.8) is 0 Å². The van der Waals surface area contributed by atoms with Crippen molar-refractivity contribution in [3.8, 4) is 5.75 Å². The molecule has 0 radical (unpaired) electrons. The lowest BCUT2D eigenvalue weighted by Crippen LogP contribution is -2.37. The van der Waals surface area contributed by atoms with Crippen molar-refractivity contribution in [2.75, 3.05) is 13.1 Å². The van der Waals surface area contributed by atoms with E-state index in [9.17, 15) is 9.59 Å². The van der Waals surface area contributed by atoms with E-state index in [0.29, 0.717) is 31.0 Å². The van der Waals surface area contributed by atoms with Gasteiger partial charge in [0.1, 0.15) is 18.2 Å². The molecule has 7 nitrogen and oxygen atoms in total. The smallest absolute Gasteiger partial charge is 0.251 e. The van der Waals surface area contributed by atoms with Crippen molar-refractivity contribution in [1.29, 1.82) is 0 Å². The van der Waals surface area contributed by atoms with E-state index in [4.69, 9.17) is 4.74 Å². The van der Waals surface area contributed by atoms with Crippen LogP contribution in [0.4, 0.5) is 0 Å². The quantitative estimate of drug-likeness (QED) is 0.697. The van der Waals surface area contributed by atoms with E-state index in [2.05, 4.69) is 15.6 Å². The van der Waals surface area contributed by atoms with Gasteiger partial charge in [0.15, 0.2) is 0 Å². The Morgan fingerprint density at radius 3 is 2.52 bits per heavy atom. The van der Waals surface area contributed by atoms with Crippen molar-refractivity contribution in [1.82, 2.24) is 20.2 Å². The maximum atomic E-state index is 12.2. The van der Waals surface area contributed by atoms with Crippen LogP contribution < -0.4 is 15.4 Å². The van der Waals surface area contributed by atoms with Gasteiger partial charge in [-0.25, -0.2) is 4.98 Å². The molecule has 1 fully saturated rings. The molecule has 1 aromatic carbocycles. The van der Waals surface area contributed by atoms with Crippen LogP contribution >= 0.6 is 0 Å². The number of ether oxygens (including phenoxy) is 1. The molecule has 1 heterocycles. The molecule has 2 N–H and O–H groups in total. The summed E-state index contributed by atoms with van der Waals surface area (Å²) in [5, 5.41) is 5.71. The first-order chi connectivity index (χ1) is 13.1. The average molecular weight is 370 g/mol. The van der Waals surface area contributed by atoms with Crippen molar-refractivity contribution in [3.05, 3.63) is 48.0 Å². The monoisotopic (exact) mass is 370 g/mol. The maximum Gasteiger partial charge on any atom is 0.251 e. The highest BCUT2D eigenvalue weighted by atomic mass is 16.5. The predicted molar refractivity (Wildman–Crippen MR) is 101 cm³/mol. The molecular formula is C20H26N4O3. The number of rotatable bonds is 8. The van der Waals surface area contributed by atoms with Gasteiger partial charge in [0.25, 0.3) is 5.91 Å². The second kappa shape index (κ2) is 9.21. The molecule has 1 aliphatic carbocycles. The molecule has 1 aliphatic rings. The van der Waals surface area contributed by atoms with Crippen LogP contribution in [0.3, 0.4) is 0 Å². The fourth-order valence-electron chi connectivity index (χ4n) is 3.18. The van der Waals surface area contributed by atoms with Crippen LogP contribution in [0.1, 0.15) is 41.9 Å². The number of nitrogens with zero attached hydrogens (tertiary/aromatic N) is 2. The lowest BCUT2D eigenvalue weighted by Gasteiger charge is -2.11. The normalized spacial score (nSPS) is 14.1.